The number of ketones is 1. The highest BCUT2D eigenvalue weighted by Gasteiger charge is 2.32. The highest BCUT2D eigenvalue weighted by atomic mass is 16.5. The quantitative estimate of drug-likeness (QED) is 0.777. The monoisotopic (exact) mass is 342 g/mol. The zero-order valence-electron chi connectivity index (χ0n) is 14.4. The van der Waals surface area contributed by atoms with Crippen molar-refractivity contribution in [3.63, 3.8) is 0 Å². The summed E-state index contributed by atoms with van der Waals surface area (Å²) in [7, 11) is 6.16. The summed E-state index contributed by atoms with van der Waals surface area (Å²) >= 11 is 0. The molecular formula is C19H18O6. The minimum Gasteiger partial charge on any atom is -0.497 e. The highest BCUT2D eigenvalue weighted by molar-refractivity contribution is 6.16. The number of methoxy groups -OCH3 is 4. The van der Waals surface area contributed by atoms with Crippen molar-refractivity contribution in [3.05, 3.63) is 47.2 Å². The van der Waals surface area contributed by atoms with Crippen LogP contribution in [0.2, 0.25) is 0 Å². The molecule has 1 aliphatic rings. The van der Waals surface area contributed by atoms with E-state index in [0.717, 1.165) is 0 Å². The minimum absolute atomic E-state index is 0.185. The maximum absolute atomic E-state index is 12.7. The van der Waals surface area contributed by atoms with Crippen LogP contribution in [-0.2, 0) is 0 Å². The molecular weight excluding hydrogens is 324 g/mol. The van der Waals surface area contributed by atoms with E-state index >= 15 is 0 Å². The van der Waals surface area contributed by atoms with Crippen LogP contribution in [0.5, 0.6) is 28.7 Å². The molecule has 0 unspecified atom stereocenters. The number of carbonyl (C=O) groups excluding carboxylic acids is 1. The van der Waals surface area contributed by atoms with Crippen molar-refractivity contribution in [2.24, 2.45) is 0 Å². The van der Waals surface area contributed by atoms with Crippen molar-refractivity contribution in [3.8, 4) is 28.7 Å². The van der Waals surface area contributed by atoms with E-state index in [1.807, 2.05) is 0 Å². The fourth-order valence-electron chi connectivity index (χ4n) is 2.61. The first-order valence-corrected chi connectivity index (χ1v) is 7.53. The highest BCUT2D eigenvalue weighted by Crippen LogP contribution is 2.42. The molecule has 0 bridgehead atoms. The number of carbonyl (C=O) groups is 1. The van der Waals surface area contributed by atoms with E-state index in [1.54, 1.807) is 50.6 Å². The second-order valence-corrected chi connectivity index (χ2v) is 5.25. The molecule has 0 saturated carbocycles. The zero-order chi connectivity index (χ0) is 18.0. The maximum atomic E-state index is 12.7. The average molecular weight is 342 g/mol. The Hall–Kier alpha value is -3.15. The third-order valence-corrected chi connectivity index (χ3v) is 3.89. The summed E-state index contributed by atoms with van der Waals surface area (Å²) < 4.78 is 26.8. The van der Waals surface area contributed by atoms with Crippen molar-refractivity contribution in [1.82, 2.24) is 0 Å². The number of hydrogen-bond acceptors (Lipinski definition) is 6. The van der Waals surface area contributed by atoms with Crippen molar-refractivity contribution in [2.75, 3.05) is 28.4 Å². The molecule has 3 rings (SSSR count). The summed E-state index contributed by atoms with van der Waals surface area (Å²) in [6.07, 6.45) is 1.63. The molecule has 1 heterocycles. The second-order valence-electron chi connectivity index (χ2n) is 5.25. The molecule has 130 valence electrons. The molecule has 0 N–H and O–H groups in total. The molecule has 6 heteroatoms. The average Bonchev–Trinajstić information content (AvgIpc) is 2.96. The number of benzene rings is 2. The van der Waals surface area contributed by atoms with Gasteiger partial charge in [0.25, 0.3) is 0 Å². The third-order valence-electron chi connectivity index (χ3n) is 3.89. The molecule has 0 fully saturated rings. The summed E-state index contributed by atoms with van der Waals surface area (Å²) in [4.78, 5) is 12.7. The van der Waals surface area contributed by atoms with Gasteiger partial charge in [0.15, 0.2) is 5.76 Å². The van der Waals surface area contributed by atoms with Gasteiger partial charge >= 0.3 is 0 Å². The molecule has 0 aliphatic carbocycles. The normalized spacial score (nSPS) is 14.1. The second kappa shape index (κ2) is 6.76. The first kappa shape index (κ1) is 16.7. The number of ether oxygens (including phenoxy) is 5. The van der Waals surface area contributed by atoms with Crippen molar-refractivity contribution >= 4 is 11.9 Å². The standard InChI is InChI=1S/C19H18O6/c1-21-12-6-5-11(14(8-12)23-3)7-17-19(20)18-15(24-4)9-13(22-2)10-16(18)25-17/h5-10H,1-4H3/b17-7+. The van der Waals surface area contributed by atoms with Crippen LogP contribution >= 0.6 is 0 Å². The van der Waals surface area contributed by atoms with Crippen LogP contribution in [-0.4, -0.2) is 34.2 Å². The summed E-state index contributed by atoms with van der Waals surface area (Å²) in [5.41, 5.74) is 1.08. The Morgan fingerprint density at radius 1 is 0.840 bits per heavy atom. The van der Waals surface area contributed by atoms with Crippen LogP contribution in [0.4, 0.5) is 0 Å². The molecule has 0 radical (unpaired) electrons. The zero-order valence-corrected chi connectivity index (χ0v) is 14.4. The largest absolute Gasteiger partial charge is 0.497 e. The van der Waals surface area contributed by atoms with Crippen LogP contribution < -0.4 is 23.7 Å². The first-order valence-electron chi connectivity index (χ1n) is 7.53. The van der Waals surface area contributed by atoms with Gasteiger partial charge < -0.3 is 23.7 Å². The van der Waals surface area contributed by atoms with Gasteiger partial charge in [0.2, 0.25) is 5.78 Å². The molecule has 1 aliphatic heterocycles. The summed E-state index contributed by atoms with van der Waals surface area (Å²) in [6.45, 7) is 0. The van der Waals surface area contributed by atoms with Crippen molar-refractivity contribution in [1.29, 1.82) is 0 Å². The lowest BCUT2D eigenvalue weighted by Gasteiger charge is -2.08. The van der Waals surface area contributed by atoms with Gasteiger partial charge in [-0.25, -0.2) is 0 Å². The molecule has 6 nitrogen and oxygen atoms in total. The number of allylic oxidation sites excluding steroid dienone is 1. The minimum atomic E-state index is -0.257. The van der Waals surface area contributed by atoms with Gasteiger partial charge in [-0.2, -0.15) is 0 Å². The van der Waals surface area contributed by atoms with E-state index < -0.39 is 0 Å². The van der Waals surface area contributed by atoms with Gasteiger partial charge in [-0.1, -0.05) is 0 Å². The first-order chi connectivity index (χ1) is 12.1. The van der Waals surface area contributed by atoms with E-state index in [9.17, 15) is 4.79 Å². The topological polar surface area (TPSA) is 63.2 Å². The molecule has 2 aromatic carbocycles. The molecule has 0 amide bonds. The molecule has 25 heavy (non-hydrogen) atoms. The van der Waals surface area contributed by atoms with Gasteiger partial charge in [0, 0.05) is 23.8 Å². The van der Waals surface area contributed by atoms with Gasteiger partial charge in [-0.15, -0.1) is 0 Å². The molecule has 0 atom stereocenters. The predicted octanol–water partition coefficient (Wildman–Crippen LogP) is 3.34. The lowest BCUT2D eigenvalue weighted by Crippen LogP contribution is -2.00. The smallest absolute Gasteiger partial charge is 0.235 e. The third kappa shape index (κ3) is 2.98. The lowest BCUT2D eigenvalue weighted by molar-refractivity contribution is 0.101. The van der Waals surface area contributed by atoms with Crippen LogP contribution in [0.15, 0.2) is 36.1 Å². The van der Waals surface area contributed by atoms with Gasteiger partial charge in [0.1, 0.15) is 34.3 Å². The molecule has 2 aromatic rings. The Kier molecular flexibility index (Phi) is 4.52. The summed E-state index contributed by atoms with van der Waals surface area (Å²) in [5, 5.41) is 0. The number of Topliss-reactive ketones (excluding diaryl/α,β-unsaturated/α-hetero) is 1. The SMILES string of the molecule is COc1ccc(/C=C2/Oc3cc(OC)cc(OC)c3C2=O)c(OC)c1. The van der Waals surface area contributed by atoms with E-state index in [4.69, 9.17) is 23.7 Å². The molecule has 0 aromatic heterocycles. The van der Waals surface area contributed by atoms with E-state index in [-0.39, 0.29) is 11.5 Å². The fraction of sp³-hybridized carbons (Fsp3) is 0.211. The maximum Gasteiger partial charge on any atom is 0.235 e. The van der Waals surface area contributed by atoms with Gasteiger partial charge in [0.05, 0.1) is 28.4 Å². The van der Waals surface area contributed by atoms with Gasteiger partial charge in [-0.3, -0.25) is 4.79 Å². The Morgan fingerprint density at radius 3 is 2.16 bits per heavy atom. The lowest BCUT2D eigenvalue weighted by atomic mass is 10.1. The number of rotatable bonds is 5. The Balaban J connectivity index is 2.03. The van der Waals surface area contributed by atoms with E-state index in [0.29, 0.717) is 39.9 Å². The Labute approximate surface area is 145 Å². The number of hydrogen-bond donors (Lipinski definition) is 0. The van der Waals surface area contributed by atoms with E-state index in [1.165, 1.54) is 14.2 Å². The van der Waals surface area contributed by atoms with Crippen molar-refractivity contribution in [2.45, 2.75) is 0 Å². The fourth-order valence-corrected chi connectivity index (χ4v) is 2.61. The molecule has 0 saturated heterocycles. The van der Waals surface area contributed by atoms with E-state index in [2.05, 4.69) is 0 Å². The number of fused-ring (bicyclic) bond motifs is 1. The summed E-state index contributed by atoms with van der Waals surface area (Å²) in [5.74, 6) is 2.52. The van der Waals surface area contributed by atoms with Crippen LogP contribution in [0.3, 0.4) is 0 Å². The van der Waals surface area contributed by atoms with Crippen molar-refractivity contribution < 1.29 is 28.5 Å². The Bertz CT molecular complexity index is 853. The van der Waals surface area contributed by atoms with Crippen LogP contribution in [0, 0.1) is 0 Å². The van der Waals surface area contributed by atoms with Gasteiger partial charge in [-0.05, 0) is 18.2 Å². The summed E-state index contributed by atoms with van der Waals surface area (Å²) in [6, 6.07) is 8.62. The predicted molar refractivity (Wildman–Crippen MR) is 92.0 cm³/mol. The van der Waals surface area contributed by atoms with Crippen LogP contribution in [0.1, 0.15) is 15.9 Å². The molecule has 0 spiro atoms. The van der Waals surface area contributed by atoms with Crippen LogP contribution in [0.25, 0.3) is 6.08 Å². The Morgan fingerprint density at radius 2 is 1.52 bits per heavy atom.